The smallest absolute Gasteiger partial charge is 0.227 e. The van der Waals surface area contributed by atoms with Crippen LogP contribution in [-0.2, 0) is 4.79 Å². The molecule has 0 atom stereocenters. The van der Waals surface area contributed by atoms with E-state index >= 15 is 0 Å². The second-order valence-electron chi connectivity index (χ2n) is 4.61. The molecule has 23 heavy (non-hydrogen) atoms. The second-order valence-corrected chi connectivity index (χ2v) is 5.99. The van der Waals surface area contributed by atoms with Crippen LogP contribution in [0.5, 0.6) is 0 Å². The number of primary amides is 1. The van der Waals surface area contributed by atoms with E-state index < -0.39 is 5.91 Å². The number of carbonyl (C=O) groups is 1. The monoisotopic (exact) mass is 345 g/mol. The van der Waals surface area contributed by atoms with E-state index in [9.17, 15) is 4.79 Å². The SMILES string of the molecule is NC(=O)CSc1nnc(-c2cccnc2)n1-c1ccc(Cl)cc1. The van der Waals surface area contributed by atoms with Crippen LogP contribution in [0.2, 0.25) is 5.02 Å². The Hall–Kier alpha value is -2.38. The molecule has 6 nitrogen and oxygen atoms in total. The minimum Gasteiger partial charge on any atom is -0.369 e. The van der Waals surface area contributed by atoms with Crippen LogP contribution in [0.15, 0.2) is 53.9 Å². The van der Waals surface area contributed by atoms with Crippen molar-refractivity contribution >= 4 is 29.3 Å². The normalized spacial score (nSPS) is 10.7. The molecule has 2 aromatic heterocycles. The Balaban J connectivity index is 2.10. The molecule has 116 valence electrons. The molecule has 0 saturated heterocycles. The van der Waals surface area contributed by atoms with Crippen LogP contribution in [0, 0.1) is 0 Å². The summed E-state index contributed by atoms with van der Waals surface area (Å²) < 4.78 is 1.85. The number of halogens is 1. The van der Waals surface area contributed by atoms with Crippen molar-refractivity contribution in [1.82, 2.24) is 19.7 Å². The third-order valence-electron chi connectivity index (χ3n) is 2.98. The van der Waals surface area contributed by atoms with Crippen molar-refractivity contribution in [2.24, 2.45) is 5.73 Å². The maximum Gasteiger partial charge on any atom is 0.227 e. The van der Waals surface area contributed by atoms with Crippen molar-refractivity contribution in [3.8, 4) is 17.1 Å². The Kier molecular flexibility index (Phi) is 4.59. The molecular formula is C15H12ClN5OS. The number of aromatic nitrogens is 4. The Bertz CT molecular complexity index is 820. The highest BCUT2D eigenvalue weighted by Crippen LogP contribution is 2.28. The van der Waals surface area contributed by atoms with Gasteiger partial charge in [-0.25, -0.2) is 0 Å². The summed E-state index contributed by atoms with van der Waals surface area (Å²) in [6, 6.07) is 11.0. The van der Waals surface area contributed by atoms with Crippen molar-refractivity contribution in [2.75, 3.05) is 5.75 Å². The highest BCUT2D eigenvalue weighted by atomic mass is 35.5. The third-order valence-corrected chi connectivity index (χ3v) is 4.18. The first-order valence-electron chi connectivity index (χ1n) is 6.68. The number of benzene rings is 1. The average Bonchev–Trinajstić information content (AvgIpc) is 2.98. The van der Waals surface area contributed by atoms with Crippen LogP contribution in [-0.4, -0.2) is 31.4 Å². The Morgan fingerprint density at radius 3 is 2.65 bits per heavy atom. The van der Waals surface area contributed by atoms with E-state index in [1.165, 1.54) is 11.8 Å². The Morgan fingerprint density at radius 1 is 1.22 bits per heavy atom. The number of carbonyl (C=O) groups excluding carboxylic acids is 1. The van der Waals surface area contributed by atoms with Gasteiger partial charge in [-0.05, 0) is 36.4 Å². The summed E-state index contributed by atoms with van der Waals surface area (Å²) in [5.74, 6) is 0.342. The van der Waals surface area contributed by atoms with Gasteiger partial charge in [0.05, 0.1) is 5.75 Å². The molecule has 2 heterocycles. The van der Waals surface area contributed by atoms with E-state index in [2.05, 4.69) is 15.2 Å². The van der Waals surface area contributed by atoms with E-state index in [0.717, 1.165) is 11.3 Å². The van der Waals surface area contributed by atoms with E-state index in [0.29, 0.717) is 16.0 Å². The van der Waals surface area contributed by atoms with Crippen LogP contribution >= 0.6 is 23.4 Å². The van der Waals surface area contributed by atoms with Crippen LogP contribution in [0.3, 0.4) is 0 Å². The molecule has 3 rings (SSSR count). The van der Waals surface area contributed by atoms with E-state index in [1.807, 2.05) is 28.8 Å². The lowest BCUT2D eigenvalue weighted by atomic mass is 10.2. The fourth-order valence-corrected chi connectivity index (χ4v) is 2.82. The zero-order valence-electron chi connectivity index (χ0n) is 11.9. The van der Waals surface area contributed by atoms with Crippen molar-refractivity contribution in [1.29, 1.82) is 0 Å². The van der Waals surface area contributed by atoms with E-state index in [1.54, 1.807) is 24.5 Å². The summed E-state index contributed by atoms with van der Waals surface area (Å²) in [6.07, 6.45) is 3.40. The minimum absolute atomic E-state index is 0.124. The molecule has 0 fully saturated rings. The van der Waals surface area contributed by atoms with Crippen molar-refractivity contribution in [3.63, 3.8) is 0 Å². The fraction of sp³-hybridized carbons (Fsp3) is 0.0667. The summed E-state index contributed by atoms with van der Waals surface area (Å²) in [6.45, 7) is 0. The zero-order chi connectivity index (χ0) is 16.2. The molecule has 2 N–H and O–H groups in total. The van der Waals surface area contributed by atoms with Gasteiger partial charge >= 0.3 is 0 Å². The molecule has 8 heteroatoms. The molecule has 0 radical (unpaired) electrons. The number of rotatable bonds is 5. The van der Waals surface area contributed by atoms with Crippen LogP contribution < -0.4 is 5.73 Å². The third kappa shape index (κ3) is 3.52. The van der Waals surface area contributed by atoms with Gasteiger partial charge < -0.3 is 5.73 Å². The molecule has 0 unspecified atom stereocenters. The van der Waals surface area contributed by atoms with Crippen LogP contribution in [0.25, 0.3) is 17.1 Å². The fourth-order valence-electron chi connectivity index (χ4n) is 2.00. The number of pyridine rings is 1. The number of hydrogen-bond donors (Lipinski definition) is 1. The summed E-state index contributed by atoms with van der Waals surface area (Å²) in [4.78, 5) is 15.2. The highest BCUT2D eigenvalue weighted by Gasteiger charge is 2.16. The Morgan fingerprint density at radius 2 is 2.00 bits per heavy atom. The van der Waals surface area contributed by atoms with Gasteiger partial charge in [-0.2, -0.15) is 0 Å². The van der Waals surface area contributed by atoms with Crippen molar-refractivity contribution < 1.29 is 4.79 Å². The zero-order valence-corrected chi connectivity index (χ0v) is 13.5. The predicted octanol–water partition coefficient (Wildman–Crippen LogP) is 2.56. The lowest BCUT2D eigenvalue weighted by Crippen LogP contribution is -2.13. The molecule has 0 aliphatic rings. The van der Waals surface area contributed by atoms with Crippen molar-refractivity contribution in [2.45, 2.75) is 5.16 Å². The molecule has 3 aromatic rings. The number of amides is 1. The molecule has 0 spiro atoms. The quantitative estimate of drug-likeness (QED) is 0.718. The largest absolute Gasteiger partial charge is 0.369 e. The van der Waals surface area contributed by atoms with E-state index in [4.69, 9.17) is 17.3 Å². The molecule has 0 aliphatic heterocycles. The number of nitrogens with two attached hydrogens (primary N) is 1. The molecular weight excluding hydrogens is 334 g/mol. The number of nitrogens with zero attached hydrogens (tertiary/aromatic N) is 4. The maximum atomic E-state index is 11.1. The molecule has 0 saturated carbocycles. The van der Waals surface area contributed by atoms with Gasteiger partial charge in [0.25, 0.3) is 0 Å². The Labute approximate surface area is 141 Å². The van der Waals surface area contributed by atoms with E-state index in [-0.39, 0.29) is 5.75 Å². The average molecular weight is 346 g/mol. The standard InChI is InChI=1S/C15H12ClN5OS/c16-11-3-5-12(6-4-11)21-14(10-2-1-7-18-8-10)19-20-15(21)23-9-13(17)22/h1-8H,9H2,(H2,17,22). The second kappa shape index (κ2) is 6.80. The number of thioether (sulfide) groups is 1. The van der Waals surface area contributed by atoms with Gasteiger partial charge in [-0.15, -0.1) is 10.2 Å². The molecule has 0 aliphatic carbocycles. The van der Waals surface area contributed by atoms with Crippen LogP contribution in [0.4, 0.5) is 0 Å². The summed E-state index contributed by atoms with van der Waals surface area (Å²) in [5, 5.41) is 9.61. The predicted molar refractivity (Wildman–Crippen MR) is 89.5 cm³/mol. The van der Waals surface area contributed by atoms with Gasteiger partial charge in [-0.1, -0.05) is 23.4 Å². The number of hydrogen-bond acceptors (Lipinski definition) is 5. The van der Waals surface area contributed by atoms with Gasteiger partial charge in [0.15, 0.2) is 11.0 Å². The molecule has 0 bridgehead atoms. The van der Waals surface area contributed by atoms with Gasteiger partial charge in [0, 0.05) is 28.7 Å². The van der Waals surface area contributed by atoms with Gasteiger partial charge in [0.1, 0.15) is 0 Å². The van der Waals surface area contributed by atoms with Crippen molar-refractivity contribution in [3.05, 3.63) is 53.8 Å². The molecule has 1 amide bonds. The summed E-state index contributed by atoms with van der Waals surface area (Å²) in [7, 11) is 0. The van der Waals surface area contributed by atoms with Gasteiger partial charge in [0.2, 0.25) is 5.91 Å². The topological polar surface area (TPSA) is 86.7 Å². The lowest BCUT2D eigenvalue weighted by Gasteiger charge is -2.10. The first-order valence-corrected chi connectivity index (χ1v) is 8.04. The van der Waals surface area contributed by atoms with Crippen LogP contribution in [0.1, 0.15) is 0 Å². The maximum absolute atomic E-state index is 11.1. The molecule has 1 aromatic carbocycles. The first-order chi connectivity index (χ1) is 11.1. The summed E-state index contributed by atoms with van der Waals surface area (Å²) in [5.41, 5.74) is 6.88. The lowest BCUT2D eigenvalue weighted by molar-refractivity contribution is -0.115. The highest BCUT2D eigenvalue weighted by molar-refractivity contribution is 7.99. The van der Waals surface area contributed by atoms with Gasteiger partial charge in [-0.3, -0.25) is 14.3 Å². The minimum atomic E-state index is -0.413. The summed E-state index contributed by atoms with van der Waals surface area (Å²) >= 11 is 7.19. The first kappa shape index (κ1) is 15.5.